The molecule has 0 saturated heterocycles. The molecule has 13 rings (SSSR count). The third kappa shape index (κ3) is 7.61. The molecule has 0 fully saturated rings. The van der Waals surface area contributed by atoms with Crippen LogP contribution in [0.4, 0.5) is 0 Å². The van der Waals surface area contributed by atoms with Crippen LogP contribution in [0.1, 0.15) is 46.9 Å². The highest BCUT2D eigenvalue weighted by Crippen LogP contribution is 2.57. The van der Waals surface area contributed by atoms with E-state index >= 15 is 0 Å². The van der Waals surface area contributed by atoms with Gasteiger partial charge in [0.1, 0.15) is 55.0 Å². The predicted molar refractivity (Wildman–Crippen MR) is 341 cm³/mol. The smallest absolute Gasteiger partial charge is 0.182 e. The number of rotatable bonds is 8. The maximum absolute atomic E-state index is 13.4. The number of fused-ring (bicyclic) bond motifs is 8. The number of aromatic nitrogens is 2. The van der Waals surface area contributed by atoms with Crippen molar-refractivity contribution in [2.75, 3.05) is 0 Å². The third-order valence-corrected chi connectivity index (χ3v) is 18.2. The van der Waals surface area contributed by atoms with E-state index in [1.54, 1.807) is 66.0 Å². The lowest BCUT2D eigenvalue weighted by atomic mass is 9.89. The van der Waals surface area contributed by atoms with Gasteiger partial charge in [0.15, 0.2) is 28.7 Å². The van der Waals surface area contributed by atoms with Gasteiger partial charge in [0.25, 0.3) is 0 Å². The molecule has 0 unspecified atom stereocenters. The Morgan fingerprint density at radius 1 is 0.566 bits per heavy atom. The zero-order valence-electron chi connectivity index (χ0n) is 44.2. The van der Waals surface area contributed by atoms with E-state index in [0.29, 0.717) is 16.7 Å². The summed E-state index contributed by atoms with van der Waals surface area (Å²) in [5, 5.41) is 99.1. The molecule has 10 nitrogen and oxygen atoms in total. The number of phenolic OH excluding ortho intramolecular Hbond substituents is 8. The first-order valence-corrected chi connectivity index (χ1v) is 27.9. The number of phenols is 8. The lowest BCUT2D eigenvalue weighted by molar-refractivity contribution is 0.405. The molecule has 396 valence electrons. The molecule has 0 amide bonds. The number of allylic oxidation sites excluding steroid dienone is 5. The van der Waals surface area contributed by atoms with E-state index in [2.05, 4.69) is 54.8 Å². The van der Waals surface area contributed by atoms with Crippen LogP contribution in [0.2, 0.25) is 0 Å². The van der Waals surface area contributed by atoms with Crippen LogP contribution < -0.4 is 20.7 Å². The van der Waals surface area contributed by atoms with Crippen molar-refractivity contribution in [3.8, 4) is 93.2 Å². The van der Waals surface area contributed by atoms with Crippen LogP contribution in [0.15, 0.2) is 146 Å². The highest BCUT2D eigenvalue weighted by Gasteiger charge is 2.35. The van der Waals surface area contributed by atoms with Gasteiger partial charge in [-0.3, -0.25) is 0 Å². The largest absolute Gasteiger partial charge is 0.508 e. The maximum atomic E-state index is 13.4. The number of thiophene rings is 2. The second-order valence-corrected chi connectivity index (χ2v) is 22.3. The number of benzene rings is 8. The summed E-state index contributed by atoms with van der Waals surface area (Å²) in [7, 11) is 12.6. The molecule has 0 atom stereocenters. The molecule has 0 bridgehead atoms. The Bertz CT molecular complexity index is 5220. The molecule has 4 heterocycles. The first kappa shape index (κ1) is 52.0. The van der Waals surface area contributed by atoms with E-state index in [0.717, 1.165) is 81.0 Å². The van der Waals surface area contributed by atoms with Gasteiger partial charge in [-0.25, -0.2) is 0 Å². The highest BCUT2D eigenvalue weighted by molar-refractivity contribution is 7.20. The van der Waals surface area contributed by atoms with Crippen LogP contribution in [-0.2, 0) is 0 Å². The molecule has 83 heavy (non-hydrogen) atoms. The molecule has 4 radical (unpaired) electrons. The summed E-state index contributed by atoms with van der Waals surface area (Å²) in [6, 6.07) is 36.3. The molecule has 1 aliphatic carbocycles. The number of terminal acetylenes is 2. The van der Waals surface area contributed by atoms with Gasteiger partial charge in [0.05, 0.1) is 21.5 Å². The Kier molecular flexibility index (Phi) is 12.4. The van der Waals surface area contributed by atoms with Crippen LogP contribution in [0, 0.1) is 24.7 Å². The fraction of sp³-hybridized carbons (Fsp3) is 0.0435. The van der Waals surface area contributed by atoms with Gasteiger partial charge in [-0.05, 0) is 118 Å². The normalized spacial score (nSPS) is 13.4. The van der Waals surface area contributed by atoms with Crippen molar-refractivity contribution in [3.05, 3.63) is 183 Å². The van der Waals surface area contributed by atoms with Crippen molar-refractivity contribution in [1.82, 2.24) is 9.13 Å². The van der Waals surface area contributed by atoms with Gasteiger partial charge in [0.2, 0.25) is 0 Å². The topological polar surface area (TPSA) is 172 Å². The maximum Gasteiger partial charge on any atom is 0.182 e. The molecular formula is C69H44B2N2O8S2. The first-order valence-electron chi connectivity index (χ1n) is 26.2. The van der Waals surface area contributed by atoms with Crippen molar-refractivity contribution in [1.29, 1.82) is 0 Å². The van der Waals surface area contributed by atoms with Crippen molar-refractivity contribution >= 4 is 142 Å². The van der Waals surface area contributed by atoms with Gasteiger partial charge >= 0.3 is 0 Å². The Morgan fingerprint density at radius 3 is 1.70 bits per heavy atom. The van der Waals surface area contributed by atoms with Crippen molar-refractivity contribution in [2.45, 2.75) is 19.8 Å². The van der Waals surface area contributed by atoms with Crippen LogP contribution in [0.5, 0.6) is 46.0 Å². The molecule has 8 N–H and O–H groups in total. The van der Waals surface area contributed by atoms with Crippen molar-refractivity contribution in [3.63, 3.8) is 0 Å². The average Bonchev–Trinajstić information content (AvgIpc) is 1.60. The standard InChI is InChI=1S/C69H44B2N2O8S2/c1-5-18-44(69-41(7-3)48-42(28-16-30-46(48)83-69)35-20-10-8-11-21-35)38-25-15-27-40(33-38)73-57-51(53-59(73)67(81)64(78)55(71)62(53)76)60(74)50-52-58(66(80)63(77)54(70)61(52)75)72(56(50)65(57)79)39-26-14-24-37(32-39)34(4)68-45(19-6-2)49-43(29-17-31-47(49)82-68)36-22-12-9-13-23-36/h1-2,7-8,10-12,14-33,74-81H,3,9,13H2,4H3/b44-18-,45-19-,68-34-. The Balaban J connectivity index is 1.11. The van der Waals surface area contributed by atoms with E-state index in [-0.39, 0.29) is 55.0 Å². The fourth-order valence-electron chi connectivity index (χ4n) is 12.0. The predicted octanol–water partition coefficient (Wildman–Crippen LogP) is 12.3. The number of hydrogen-bond donors (Lipinski definition) is 8. The molecule has 1 aliphatic rings. The monoisotopic (exact) mass is 1110 g/mol. The van der Waals surface area contributed by atoms with E-state index in [4.69, 9.17) is 28.5 Å². The SMILES string of the molecule is [B]c1c(O)c(O)c2c(c1O)c1c(O)c3c4c(O)c([B])c(O)c(O)c4n(-c4cccc(/C(C)=c5\sc6cccc(C7=CCCC=C7)c6\c5=C\C#C)c4)c3c(O)c1n2-c1cccc(/C(=C/C#C)c2sc3cccc(-c4ccccc4)c3c2C=C)c1. The summed E-state index contributed by atoms with van der Waals surface area (Å²) >= 11 is 3.10. The lowest BCUT2D eigenvalue weighted by Gasteiger charge is -2.16. The summed E-state index contributed by atoms with van der Waals surface area (Å²) in [6.07, 6.45) is 25.7. The Morgan fingerprint density at radius 2 is 1.12 bits per heavy atom. The van der Waals surface area contributed by atoms with Gasteiger partial charge in [-0.1, -0.05) is 122 Å². The minimum Gasteiger partial charge on any atom is -0.508 e. The first-order chi connectivity index (χ1) is 40.2. The Hall–Kier alpha value is -10.4. The summed E-state index contributed by atoms with van der Waals surface area (Å²) < 4.78 is 5.62. The van der Waals surface area contributed by atoms with Crippen LogP contribution >= 0.6 is 22.7 Å². The van der Waals surface area contributed by atoms with E-state index in [1.165, 1.54) is 20.5 Å². The van der Waals surface area contributed by atoms with E-state index < -0.39 is 56.9 Å². The number of nitrogens with zero attached hydrogens (tertiary/aromatic N) is 2. The molecule has 12 aromatic rings. The van der Waals surface area contributed by atoms with Gasteiger partial charge in [0, 0.05) is 57.3 Å². The van der Waals surface area contributed by atoms with Crippen LogP contribution in [-0.4, -0.2) is 65.7 Å². The van der Waals surface area contributed by atoms with Crippen LogP contribution in [0.25, 0.3) is 115 Å². The summed E-state index contributed by atoms with van der Waals surface area (Å²) in [4.78, 5) is 0.794. The number of hydrogen-bond acceptors (Lipinski definition) is 10. The molecule has 14 heteroatoms. The Labute approximate surface area is 485 Å². The average molecular weight is 1110 g/mol. The second-order valence-electron chi connectivity index (χ2n) is 20.2. The summed E-state index contributed by atoms with van der Waals surface area (Å²) in [6.45, 7) is 6.20. The molecular weight excluding hydrogens is 1070 g/mol. The van der Waals surface area contributed by atoms with Crippen molar-refractivity contribution < 1.29 is 40.9 Å². The summed E-state index contributed by atoms with van der Waals surface area (Å²) in [5.74, 6) is -0.712. The summed E-state index contributed by atoms with van der Waals surface area (Å²) in [5.41, 5.74) is 5.93. The molecule has 0 aliphatic heterocycles. The molecule has 8 aromatic carbocycles. The van der Waals surface area contributed by atoms with E-state index in [9.17, 15) is 40.9 Å². The second kappa shape index (κ2) is 19.7. The van der Waals surface area contributed by atoms with E-state index in [1.807, 2.05) is 67.6 Å². The van der Waals surface area contributed by atoms with Crippen molar-refractivity contribution in [2.24, 2.45) is 0 Å². The molecule has 0 spiro atoms. The third-order valence-electron chi connectivity index (χ3n) is 15.7. The van der Waals surface area contributed by atoms with Gasteiger partial charge in [-0.2, -0.15) is 0 Å². The van der Waals surface area contributed by atoms with Gasteiger partial charge < -0.3 is 50.0 Å². The minimum absolute atomic E-state index is 0.212. The lowest BCUT2D eigenvalue weighted by Crippen LogP contribution is -2.22. The molecule has 4 aromatic heterocycles. The zero-order valence-corrected chi connectivity index (χ0v) is 45.8. The zero-order chi connectivity index (χ0) is 57.9. The molecule has 0 saturated carbocycles. The number of aromatic hydroxyl groups is 8. The fourth-order valence-corrected chi connectivity index (χ4v) is 14.5. The highest BCUT2D eigenvalue weighted by atomic mass is 32.1. The van der Waals surface area contributed by atoms with Gasteiger partial charge in [-0.15, -0.1) is 35.5 Å². The minimum atomic E-state index is -0.883. The van der Waals surface area contributed by atoms with Crippen LogP contribution in [0.3, 0.4) is 0 Å². The quantitative estimate of drug-likeness (QED) is 0.0322.